The van der Waals surface area contributed by atoms with Gasteiger partial charge in [0, 0.05) is 23.5 Å². The molecule has 0 spiro atoms. The number of amides is 2. The van der Waals surface area contributed by atoms with Crippen molar-refractivity contribution in [2.45, 2.75) is 52.5 Å². The van der Waals surface area contributed by atoms with Crippen LogP contribution in [0.1, 0.15) is 72.4 Å². The molecule has 1 aromatic heterocycles. The van der Waals surface area contributed by atoms with Crippen molar-refractivity contribution in [3.05, 3.63) is 75.5 Å². The monoisotopic (exact) mass is 562 g/mol. The van der Waals surface area contributed by atoms with Crippen molar-refractivity contribution in [1.82, 2.24) is 9.80 Å². The molecule has 40 heavy (non-hydrogen) atoms. The van der Waals surface area contributed by atoms with Gasteiger partial charge in [0.25, 0.3) is 5.91 Å². The minimum atomic E-state index is -0.208. The first-order valence-electron chi connectivity index (χ1n) is 14.1. The first kappa shape index (κ1) is 28.0. The summed E-state index contributed by atoms with van der Waals surface area (Å²) in [6.07, 6.45) is 1.61. The Hall–Kier alpha value is -3.52. The number of rotatable bonds is 10. The Morgan fingerprint density at radius 3 is 2.58 bits per heavy atom. The lowest BCUT2D eigenvalue weighted by molar-refractivity contribution is -0.135. The molecule has 7 nitrogen and oxygen atoms in total. The van der Waals surface area contributed by atoms with E-state index in [1.54, 1.807) is 34.4 Å². The van der Waals surface area contributed by atoms with Gasteiger partial charge in [-0.15, -0.1) is 11.3 Å². The van der Waals surface area contributed by atoms with E-state index in [1.165, 1.54) is 10.4 Å². The highest BCUT2D eigenvalue weighted by atomic mass is 32.1. The Morgan fingerprint density at radius 2 is 1.82 bits per heavy atom. The Morgan fingerprint density at radius 1 is 1.05 bits per heavy atom. The maximum Gasteiger partial charge on any atom is 0.254 e. The molecule has 8 heteroatoms. The molecule has 0 fully saturated rings. The van der Waals surface area contributed by atoms with Crippen LogP contribution in [0, 0.1) is 5.92 Å². The van der Waals surface area contributed by atoms with Crippen LogP contribution in [-0.4, -0.2) is 54.6 Å². The van der Waals surface area contributed by atoms with Crippen molar-refractivity contribution in [2.24, 2.45) is 5.92 Å². The molecule has 2 amide bonds. The second kappa shape index (κ2) is 12.3. The zero-order valence-electron chi connectivity index (χ0n) is 23.7. The van der Waals surface area contributed by atoms with E-state index < -0.39 is 0 Å². The van der Waals surface area contributed by atoms with E-state index in [0.717, 1.165) is 24.2 Å². The van der Waals surface area contributed by atoms with E-state index in [2.05, 4.69) is 51.3 Å². The standard InChI is InChI=1S/C32H38N2O5S/c1-21(2)11-14-33(32(36)24-7-10-28-29(17-24)39-20-38-28)18-31(35)34-15-12-30-26(13-16-40-30)27(34)19-37-25-8-5-23(6-9-25)22(3)4/h5-10,13,16-17,21-22,27H,11-12,14-15,18-20H2,1-4H3/t27-/m0/s1. The van der Waals surface area contributed by atoms with E-state index in [9.17, 15) is 9.59 Å². The van der Waals surface area contributed by atoms with Gasteiger partial charge in [0.15, 0.2) is 11.5 Å². The quantitative estimate of drug-likeness (QED) is 0.290. The molecule has 212 valence electrons. The van der Waals surface area contributed by atoms with Gasteiger partial charge in [-0.3, -0.25) is 9.59 Å². The van der Waals surface area contributed by atoms with Crippen molar-refractivity contribution in [1.29, 1.82) is 0 Å². The second-order valence-electron chi connectivity index (χ2n) is 11.2. The van der Waals surface area contributed by atoms with Crippen LogP contribution in [-0.2, 0) is 11.2 Å². The van der Waals surface area contributed by atoms with Gasteiger partial charge in [-0.1, -0.05) is 39.8 Å². The van der Waals surface area contributed by atoms with Crippen LogP contribution in [0.5, 0.6) is 17.2 Å². The van der Waals surface area contributed by atoms with Gasteiger partial charge in [-0.05, 0) is 77.6 Å². The Labute approximate surface area is 240 Å². The zero-order chi connectivity index (χ0) is 28.2. The lowest BCUT2D eigenvalue weighted by atomic mass is 10.00. The molecule has 2 aromatic carbocycles. The normalized spacial score (nSPS) is 15.8. The minimum Gasteiger partial charge on any atom is -0.491 e. The third-order valence-corrected chi connectivity index (χ3v) is 8.58. The molecular formula is C32H38N2O5S. The zero-order valence-corrected chi connectivity index (χ0v) is 24.5. The van der Waals surface area contributed by atoms with Crippen LogP contribution in [0.4, 0.5) is 0 Å². The summed E-state index contributed by atoms with van der Waals surface area (Å²) in [5, 5.41) is 2.08. The molecule has 3 heterocycles. The van der Waals surface area contributed by atoms with Crippen LogP contribution in [0.3, 0.4) is 0 Å². The predicted octanol–water partition coefficient (Wildman–Crippen LogP) is 6.29. The lowest BCUT2D eigenvalue weighted by Crippen LogP contribution is -2.48. The third kappa shape index (κ3) is 6.28. The number of benzene rings is 2. The molecule has 2 aliphatic heterocycles. The average molecular weight is 563 g/mol. The summed E-state index contributed by atoms with van der Waals surface area (Å²) < 4.78 is 17.1. The van der Waals surface area contributed by atoms with Crippen molar-refractivity contribution in [2.75, 3.05) is 33.0 Å². The van der Waals surface area contributed by atoms with Gasteiger partial charge in [-0.2, -0.15) is 0 Å². The summed E-state index contributed by atoms with van der Waals surface area (Å²) in [5.41, 5.74) is 2.89. The molecule has 1 atom stereocenters. The first-order chi connectivity index (χ1) is 19.3. The number of ether oxygens (including phenoxy) is 3. The smallest absolute Gasteiger partial charge is 0.254 e. The number of carbonyl (C=O) groups is 2. The number of hydrogen-bond donors (Lipinski definition) is 0. The Bertz CT molecular complexity index is 1330. The van der Waals surface area contributed by atoms with Crippen molar-refractivity contribution < 1.29 is 23.8 Å². The number of thiophene rings is 1. The molecule has 0 saturated heterocycles. The molecule has 3 aromatic rings. The molecule has 0 bridgehead atoms. The first-order valence-corrected chi connectivity index (χ1v) is 15.0. The van der Waals surface area contributed by atoms with Crippen LogP contribution >= 0.6 is 11.3 Å². The van der Waals surface area contributed by atoms with Gasteiger partial charge in [0.1, 0.15) is 18.9 Å². The summed E-state index contributed by atoms with van der Waals surface area (Å²) in [7, 11) is 0. The van der Waals surface area contributed by atoms with E-state index in [4.69, 9.17) is 14.2 Å². The third-order valence-electron chi connectivity index (χ3n) is 7.58. The fraction of sp³-hybridized carbons (Fsp3) is 0.438. The lowest BCUT2D eigenvalue weighted by Gasteiger charge is -2.37. The van der Waals surface area contributed by atoms with Crippen LogP contribution in [0.15, 0.2) is 53.9 Å². The van der Waals surface area contributed by atoms with Gasteiger partial charge >= 0.3 is 0 Å². The van der Waals surface area contributed by atoms with E-state index in [1.807, 2.05) is 17.0 Å². The van der Waals surface area contributed by atoms with Gasteiger partial charge in [0.05, 0.1) is 6.04 Å². The summed E-state index contributed by atoms with van der Waals surface area (Å²) >= 11 is 1.73. The molecule has 0 aliphatic carbocycles. The fourth-order valence-corrected chi connectivity index (χ4v) is 6.06. The predicted molar refractivity (Wildman–Crippen MR) is 156 cm³/mol. The maximum absolute atomic E-state index is 13.9. The topological polar surface area (TPSA) is 68.3 Å². The molecular weight excluding hydrogens is 524 g/mol. The largest absolute Gasteiger partial charge is 0.491 e. The minimum absolute atomic E-state index is 0.0129. The second-order valence-corrected chi connectivity index (χ2v) is 12.2. The van der Waals surface area contributed by atoms with Crippen molar-refractivity contribution in [3.63, 3.8) is 0 Å². The maximum atomic E-state index is 13.9. The van der Waals surface area contributed by atoms with Crippen LogP contribution in [0.25, 0.3) is 0 Å². The van der Waals surface area contributed by atoms with E-state index >= 15 is 0 Å². The summed E-state index contributed by atoms with van der Waals surface area (Å²) in [6, 6.07) is 15.3. The molecule has 0 saturated carbocycles. The van der Waals surface area contributed by atoms with Gasteiger partial charge in [0.2, 0.25) is 12.7 Å². The molecule has 2 aliphatic rings. The molecule has 0 radical (unpaired) electrons. The summed E-state index contributed by atoms with van der Waals surface area (Å²) in [6.45, 7) is 10.2. The Kier molecular flexibility index (Phi) is 8.64. The number of fused-ring (bicyclic) bond motifs is 2. The molecule has 0 unspecified atom stereocenters. The number of hydrogen-bond acceptors (Lipinski definition) is 6. The SMILES string of the molecule is CC(C)CCN(CC(=O)N1CCc2sccc2[C@@H]1COc1ccc(C(C)C)cc1)C(=O)c1ccc2c(c1)OCO2. The van der Waals surface area contributed by atoms with Crippen LogP contribution < -0.4 is 14.2 Å². The Balaban J connectivity index is 1.33. The highest BCUT2D eigenvalue weighted by Crippen LogP contribution is 2.35. The van der Waals surface area contributed by atoms with Crippen molar-refractivity contribution >= 4 is 23.2 Å². The highest BCUT2D eigenvalue weighted by molar-refractivity contribution is 7.10. The summed E-state index contributed by atoms with van der Waals surface area (Å²) in [4.78, 5) is 32.4. The van der Waals surface area contributed by atoms with Gasteiger partial charge in [-0.25, -0.2) is 0 Å². The van der Waals surface area contributed by atoms with E-state index in [0.29, 0.717) is 48.6 Å². The molecule has 5 rings (SSSR count). The van der Waals surface area contributed by atoms with Gasteiger partial charge < -0.3 is 24.0 Å². The van der Waals surface area contributed by atoms with Crippen LogP contribution in [0.2, 0.25) is 0 Å². The van der Waals surface area contributed by atoms with E-state index in [-0.39, 0.29) is 31.2 Å². The summed E-state index contributed by atoms with van der Waals surface area (Å²) in [5.74, 6) is 2.57. The fourth-order valence-electron chi connectivity index (χ4n) is 5.13. The average Bonchev–Trinajstić information content (AvgIpc) is 3.62. The highest BCUT2D eigenvalue weighted by Gasteiger charge is 2.34. The molecule has 0 N–H and O–H groups in total. The number of nitrogens with zero attached hydrogens (tertiary/aromatic N) is 2. The van der Waals surface area contributed by atoms with Crippen molar-refractivity contribution in [3.8, 4) is 17.2 Å². The number of carbonyl (C=O) groups excluding carboxylic acids is 2.